The fourth-order valence-corrected chi connectivity index (χ4v) is 2.86. The van der Waals surface area contributed by atoms with Crippen LogP contribution in [0, 0.1) is 0 Å². The van der Waals surface area contributed by atoms with Gasteiger partial charge in [-0.1, -0.05) is 13.8 Å². The molecule has 24 heavy (non-hydrogen) atoms. The number of nitrogens with zero attached hydrogens (tertiary/aromatic N) is 3. The molecule has 134 valence electrons. The van der Waals surface area contributed by atoms with E-state index in [2.05, 4.69) is 33.9 Å². The Balaban J connectivity index is 1.81. The zero-order chi connectivity index (χ0) is 17.2. The summed E-state index contributed by atoms with van der Waals surface area (Å²) in [7, 11) is 0. The van der Waals surface area contributed by atoms with Gasteiger partial charge >= 0.3 is 0 Å². The van der Waals surface area contributed by atoms with Gasteiger partial charge in [0.2, 0.25) is 0 Å². The van der Waals surface area contributed by atoms with Gasteiger partial charge in [0.05, 0.1) is 25.1 Å². The fourth-order valence-electron chi connectivity index (χ4n) is 2.86. The minimum Gasteiger partial charge on any atom is -0.379 e. The standard InChI is InChI=1S/C18H30N4O2/c1-3-8-22(9-4-2)16-5-6-17(20-15-16)18(23)19-7-10-21-11-13-24-14-12-21/h5-6,15H,3-4,7-14H2,1-2H3,(H,19,23). The highest BCUT2D eigenvalue weighted by Crippen LogP contribution is 2.14. The normalized spacial score (nSPS) is 15.2. The summed E-state index contributed by atoms with van der Waals surface area (Å²) in [6, 6.07) is 3.81. The van der Waals surface area contributed by atoms with Crippen LogP contribution in [0.2, 0.25) is 0 Å². The van der Waals surface area contributed by atoms with Gasteiger partial charge in [0.1, 0.15) is 5.69 Å². The highest BCUT2D eigenvalue weighted by atomic mass is 16.5. The molecule has 0 spiro atoms. The molecule has 2 rings (SSSR count). The smallest absolute Gasteiger partial charge is 0.269 e. The average Bonchev–Trinajstić information content (AvgIpc) is 2.62. The number of carbonyl (C=O) groups excluding carboxylic acids is 1. The molecule has 1 amide bonds. The van der Waals surface area contributed by atoms with Crippen molar-refractivity contribution in [2.45, 2.75) is 26.7 Å². The third kappa shape index (κ3) is 5.76. The van der Waals surface area contributed by atoms with Gasteiger partial charge < -0.3 is 15.0 Å². The summed E-state index contributed by atoms with van der Waals surface area (Å²) in [5.41, 5.74) is 1.57. The zero-order valence-electron chi connectivity index (χ0n) is 15.0. The maximum atomic E-state index is 12.2. The molecular weight excluding hydrogens is 304 g/mol. The molecule has 1 saturated heterocycles. The van der Waals surface area contributed by atoms with Gasteiger partial charge in [-0.15, -0.1) is 0 Å². The Morgan fingerprint density at radius 2 is 1.96 bits per heavy atom. The summed E-state index contributed by atoms with van der Waals surface area (Å²) < 4.78 is 5.32. The average molecular weight is 334 g/mol. The van der Waals surface area contributed by atoms with E-state index in [0.29, 0.717) is 12.2 Å². The van der Waals surface area contributed by atoms with Crippen LogP contribution in [0.5, 0.6) is 0 Å². The molecule has 0 aliphatic carbocycles. The van der Waals surface area contributed by atoms with Crippen molar-refractivity contribution in [2.75, 3.05) is 57.4 Å². The molecule has 0 bridgehead atoms. The van der Waals surface area contributed by atoms with Gasteiger partial charge in [-0.3, -0.25) is 9.69 Å². The Hall–Kier alpha value is -1.66. The van der Waals surface area contributed by atoms with E-state index in [4.69, 9.17) is 4.74 Å². The van der Waals surface area contributed by atoms with Crippen molar-refractivity contribution in [3.8, 4) is 0 Å². The lowest BCUT2D eigenvalue weighted by Gasteiger charge is -2.26. The van der Waals surface area contributed by atoms with Crippen molar-refractivity contribution in [1.29, 1.82) is 0 Å². The summed E-state index contributed by atoms with van der Waals surface area (Å²) in [5.74, 6) is -0.104. The van der Waals surface area contributed by atoms with Crippen LogP contribution in [-0.2, 0) is 4.74 Å². The van der Waals surface area contributed by atoms with E-state index in [1.54, 1.807) is 0 Å². The van der Waals surface area contributed by atoms with E-state index in [1.807, 2.05) is 18.3 Å². The summed E-state index contributed by atoms with van der Waals surface area (Å²) in [6.45, 7) is 11.3. The molecule has 0 radical (unpaired) electrons. The quantitative estimate of drug-likeness (QED) is 0.746. The Kier molecular flexibility index (Phi) is 7.98. The number of anilines is 1. The van der Waals surface area contributed by atoms with Crippen LogP contribution in [0.15, 0.2) is 18.3 Å². The molecule has 1 aliphatic heterocycles. The number of carbonyl (C=O) groups is 1. The number of nitrogens with one attached hydrogen (secondary N) is 1. The molecule has 0 saturated carbocycles. The second kappa shape index (κ2) is 10.3. The first-order valence-corrected chi connectivity index (χ1v) is 9.04. The Morgan fingerprint density at radius 1 is 1.25 bits per heavy atom. The van der Waals surface area contributed by atoms with Gasteiger partial charge in [0.15, 0.2) is 0 Å². The fraction of sp³-hybridized carbons (Fsp3) is 0.667. The number of amides is 1. The second-order valence-corrected chi connectivity index (χ2v) is 6.10. The first-order valence-electron chi connectivity index (χ1n) is 9.04. The maximum absolute atomic E-state index is 12.2. The minimum absolute atomic E-state index is 0.104. The van der Waals surface area contributed by atoms with Crippen molar-refractivity contribution in [1.82, 2.24) is 15.2 Å². The molecule has 1 fully saturated rings. The molecule has 0 atom stereocenters. The molecule has 0 aromatic carbocycles. The first-order chi connectivity index (χ1) is 11.7. The van der Waals surface area contributed by atoms with Crippen LogP contribution in [0.4, 0.5) is 5.69 Å². The highest BCUT2D eigenvalue weighted by Gasteiger charge is 2.12. The summed E-state index contributed by atoms with van der Waals surface area (Å²) in [4.78, 5) is 21.1. The Labute approximate surface area is 145 Å². The molecule has 1 aliphatic rings. The van der Waals surface area contributed by atoms with Gasteiger partial charge in [-0.25, -0.2) is 4.98 Å². The molecule has 2 heterocycles. The monoisotopic (exact) mass is 334 g/mol. The first kappa shape index (κ1) is 18.7. The lowest BCUT2D eigenvalue weighted by atomic mass is 10.2. The van der Waals surface area contributed by atoms with Gasteiger partial charge in [-0.05, 0) is 25.0 Å². The Morgan fingerprint density at radius 3 is 2.54 bits per heavy atom. The van der Waals surface area contributed by atoms with E-state index in [1.165, 1.54) is 0 Å². The molecule has 0 unspecified atom stereocenters. The lowest BCUT2D eigenvalue weighted by molar-refractivity contribution is 0.0383. The third-order valence-corrected chi connectivity index (χ3v) is 4.15. The molecule has 1 N–H and O–H groups in total. The van der Waals surface area contributed by atoms with Crippen LogP contribution in [0.1, 0.15) is 37.2 Å². The van der Waals surface area contributed by atoms with Gasteiger partial charge in [-0.2, -0.15) is 0 Å². The van der Waals surface area contributed by atoms with Crippen LogP contribution < -0.4 is 10.2 Å². The van der Waals surface area contributed by atoms with Crippen molar-refractivity contribution in [3.63, 3.8) is 0 Å². The van der Waals surface area contributed by atoms with Crippen LogP contribution in [0.25, 0.3) is 0 Å². The second-order valence-electron chi connectivity index (χ2n) is 6.10. The topological polar surface area (TPSA) is 57.7 Å². The van der Waals surface area contributed by atoms with Crippen molar-refractivity contribution in [2.24, 2.45) is 0 Å². The van der Waals surface area contributed by atoms with Crippen LogP contribution >= 0.6 is 0 Å². The van der Waals surface area contributed by atoms with E-state index in [-0.39, 0.29) is 5.91 Å². The molecular formula is C18H30N4O2. The van der Waals surface area contributed by atoms with E-state index in [0.717, 1.165) is 64.5 Å². The minimum atomic E-state index is -0.104. The molecule has 1 aromatic heterocycles. The lowest BCUT2D eigenvalue weighted by Crippen LogP contribution is -2.41. The maximum Gasteiger partial charge on any atom is 0.269 e. The summed E-state index contributed by atoms with van der Waals surface area (Å²) >= 11 is 0. The number of morpholine rings is 1. The SMILES string of the molecule is CCCN(CCC)c1ccc(C(=O)NCCN2CCOCC2)nc1. The highest BCUT2D eigenvalue weighted by molar-refractivity contribution is 5.92. The largest absolute Gasteiger partial charge is 0.379 e. The van der Waals surface area contributed by atoms with Crippen LogP contribution in [0.3, 0.4) is 0 Å². The number of pyridine rings is 1. The predicted octanol–water partition coefficient (Wildman–Crippen LogP) is 1.77. The summed E-state index contributed by atoms with van der Waals surface area (Å²) in [5, 5.41) is 2.95. The zero-order valence-corrected chi connectivity index (χ0v) is 15.0. The van der Waals surface area contributed by atoms with Gasteiger partial charge in [0, 0.05) is 39.3 Å². The van der Waals surface area contributed by atoms with E-state index in [9.17, 15) is 4.79 Å². The number of ether oxygens (including phenoxy) is 1. The van der Waals surface area contributed by atoms with Crippen molar-refractivity contribution in [3.05, 3.63) is 24.0 Å². The van der Waals surface area contributed by atoms with Gasteiger partial charge in [0.25, 0.3) is 5.91 Å². The number of rotatable bonds is 9. The van der Waals surface area contributed by atoms with Crippen LogP contribution in [-0.4, -0.2) is 68.3 Å². The third-order valence-electron chi connectivity index (χ3n) is 4.15. The molecule has 6 heteroatoms. The number of hydrogen-bond donors (Lipinski definition) is 1. The number of hydrogen-bond acceptors (Lipinski definition) is 5. The van der Waals surface area contributed by atoms with E-state index >= 15 is 0 Å². The van der Waals surface area contributed by atoms with Crippen molar-refractivity contribution >= 4 is 11.6 Å². The van der Waals surface area contributed by atoms with Crippen molar-refractivity contribution < 1.29 is 9.53 Å². The predicted molar refractivity (Wildman–Crippen MR) is 96.6 cm³/mol. The number of aromatic nitrogens is 1. The van der Waals surface area contributed by atoms with E-state index < -0.39 is 0 Å². The summed E-state index contributed by atoms with van der Waals surface area (Å²) in [6.07, 6.45) is 4.01. The molecule has 6 nitrogen and oxygen atoms in total. The molecule has 1 aromatic rings. The Bertz CT molecular complexity index is 480.